The van der Waals surface area contributed by atoms with E-state index >= 15 is 0 Å². The summed E-state index contributed by atoms with van der Waals surface area (Å²) < 4.78 is 0. The number of hydrogen-bond acceptors (Lipinski definition) is 4. The van der Waals surface area contributed by atoms with E-state index in [1.807, 2.05) is 54.8 Å². The zero-order valence-electron chi connectivity index (χ0n) is 15.9. The van der Waals surface area contributed by atoms with E-state index in [0.29, 0.717) is 23.8 Å². The highest BCUT2D eigenvalue weighted by Crippen LogP contribution is 2.27. The molecule has 2 heterocycles. The number of rotatable bonds is 5. The minimum atomic E-state index is -0.379. The smallest absolute Gasteiger partial charge is 0.229 e. The van der Waals surface area contributed by atoms with Gasteiger partial charge in [0.1, 0.15) is 0 Å². The molecule has 1 unspecified atom stereocenters. The first kappa shape index (κ1) is 19.6. The zero-order chi connectivity index (χ0) is 20.4. The van der Waals surface area contributed by atoms with Gasteiger partial charge in [0, 0.05) is 41.2 Å². The lowest BCUT2D eigenvalue weighted by molar-refractivity contribution is -0.128. The molecular formula is C22H20ClN3O2S. The fraction of sp³-hybridized carbons (Fsp3) is 0.227. The Bertz CT molecular complexity index is 1070. The minimum absolute atomic E-state index is 0.0308. The summed E-state index contributed by atoms with van der Waals surface area (Å²) in [5, 5.41) is 6.57. The number of aromatic nitrogens is 1. The van der Waals surface area contributed by atoms with E-state index < -0.39 is 0 Å². The van der Waals surface area contributed by atoms with E-state index in [4.69, 9.17) is 11.6 Å². The molecule has 1 aliphatic rings. The molecule has 1 fully saturated rings. The Labute approximate surface area is 178 Å². The molecule has 4 rings (SSSR count). The molecule has 1 saturated heterocycles. The van der Waals surface area contributed by atoms with Gasteiger partial charge in [0.15, 0.2) is 0 Å². The number of amides is 2. The first-order valence-corrected chi connectivity index (χ1v) is 10.6. The SMILES string of the molecule is Cc1nc(-c2cccc(NC(=O)C3CC(=O)N(Cc4ccccc4Cl)C3)c2)cs1. The van der Waals surface area contributed by atoms with Crippen molar-refractivity contribution < 1.29 is 9.59 Å². The molecular weight excluding hydrogens is 406 g/mol. The highest BCUT2D eigenvalue weighted by molar-refractivity contribution is 7.09. The molecule has 3 aromatic rings. The lowest BCUT2D eigenvalue weighted by atomic mass is 10.1. The maximum absolute atomic E-state index is 12.7. The minimum Gasteiger partial charge on any atom is -0.337 e. The van der Waals surface area contributed by atoms with Crippen LogP contribution >= 0.6 is 22.9 Å². The highest BCUT2D eigenvalue weighted by atomic mass is 35.5. The molecule has 29 heavy (non-hydrogen) atoms. The lowest BCUT2D eigenvalue weighted by Crippen LogP contribution is -2.28. The fourth-order valence-corrected chi connectivity index (χ4v) is 4.25. The Morgan fingerprint density at radius 2 is 2.10 bits per heavy atom. The van der Waals surface area contributed by atoms with E-state index in [9.17, 15) is 9.59 Å². The molecule has 0 saturated carbocycles. The number of hydrogen-bond donors (Lipinski definition) is 1. The zero-order valence-corrected chi connectivity index (χ0v) is 17.5. The van der Waals surface area contributed by atoms with Crippen molar-refractivity contribution in [3.05, 3.63) is 69.5 Å². The van der Waals surface area contributed by atoms with Crippen LogP contribution in [0.4, 0.5) is 5.69 Å². The maximum Gasteiger partial charge on any atom is 0.229 e. The van der Waals surface area contributed by atoms with E-state index in [-0.39, 0.29) is 24.2 Å². The second-order valence-electron chi connectivity index (χ2n) is 7.09. The van der Waals surface area contributed by atoms with Crippen molar-refractivity contribution in [3.8, 4) is 11.3 Å². The first-order chi connectivity index (χ1) is 14.0. The summed E-state index contributed by atoms with van der Waals surface area (Å²) in [5.74, 6) is -0.557. The molecule has 2 amide bonds. The van der Waals surface area contributed by atoms with Crippen LogP contribution in [-0.4, -0.2) is 28.2 Å². The van der Waals surface area contributed by atoms with Gasteiger partial charge in [-0.15, -0.1) is 11.3 Å². The Morgan fingerprint density at radius 1 is 1.28 bits per heavy atom. The molecule has 1 atom stereocenters. The van der Waals surface area contributed by atoms with E-state index in [2.05, 4.69) is 10.3 Å². The predicted octanol–water partition coefficient (Wildman–Crippen LogP) is 4.76. The Morgan fingerprint density at radius 3 is 2.86 bits per heavy atom. The molecule has 7 heteroatoms. The molecule has 0 spiro atoms. The Hall–Kier alpha value is -2.70. The van der Waals surface area contributed by atoms with Crippen LogP contribution in [0.1, 0.15) is 17.0 Å². The van der Waals surface area contributed by atoms with E-state index in [1.54, 1.807) is 22.3 Å². The van der Waals surface area contributed by atoms with Crippen molar-refractivity contribution in [2.75, 3.05) is 11.9 Å². The topological polar surface area (TPSA) is 62.3 Å². The Balaban J connectivity index is 1.42. The van der Waals surface area contributed by atoms with Gasteiger partial charge >= 0.3 is 0 Å². The van der Waals surface area contributed by atoms with Crippen molar-refractivity contribution in [2.24, 2.45) is 5.92 Å². The van der Waals surface area contributed by atoms with Gasteiger partial charge < -0.3 is 10.2 Å². The normalized spacial score (nSPS) is 16.3. The van der Waals surface area contributed by atoms with Gasteiger partial charge in [0.25, 0.3) is 0 Å². The number of nitrogens with one attached hydrogen (secondary N) is 1. The first-order valence-electron chi connectivity index (χ1n) is 9.34. The summed E-state index contributed by atoms with van der Waals surface area (Å²) in [7, 11) is 0. The largest absolute Gasteiger partial charge is 0.337 e. The molecule has 0 radical (unpaired) electrons. The van der Waals surface area contributed by atoms with Crippen molar-refractivity contribution >= 4 is 40.4 Å². The lowest BCUT2D eigenvalue weighted by Gasteiger charge is -2.17. The second-order valence-corrected chi connectivity index (χ2v) is 8.56. The summed E-state index contributed by atoms with van der Waals surface area (Å²) in [6, 6.07) is 15.1. The molecule has 1 aromatic heterocycles. The fourth-order valence-electron chi connectivity index (χ4n) is 3.43. The molecule has 0 aliphatic carbocycles. The second kappa shape index (κ2) is 8.35. The van der Waals surface area contributed by atoms with Gasteiger partial charge in [0.2, 0.25) is 11.8 Å². The van der Waals surface area contributed by atoms with Crippen LogP contribution in [-0.2, 0) is 16.1 Å². The number of anilines is 1. The van der Waals surface area contributed by atoms with Gasteiger partial charge in [-0.2, -0.15) is 0 Å². The van der Waals surface area contributed by atoms with E-state index in [0.717, 1.165) is 21.8 Å². The van der Waals surface area contributed by atoms with Crippen LogP contribution in [0.5, 0.6) is 0 Å². The van der Waals surface area contributed by atoms with Gasteiger partial charge in [-0.1, -0.05) is 41.9 Å². The summed E-state index contributed by atoms with van der Waals surface area (Å²) in [6.45, 7) is 2.77. The Kier molecular flexibility index (Phi) is 5.65. The summed E-state index contributed by atoms with van der Waals surface area (Å²) in [6.07, 6.45) is 0.210. The maximum atomic E-state index is 12.7. The standard InChI is InChI=1S/C22H20ClN3O2S/c1-14-24-20(13-29-14)15-6-4-7-18(9-15)25-22(28)17-10-21(27)26(12-17)11-16-5-2-3-8-19(16)23/h2-9,13,17H,10-12H2,1H3,(H,25,28). The number of carbonyl (C=O) groups excluding carboxylic acids is 2. The number of halogens is 1. The van der Waals surface area contributed by atoms with Crippen molar-refractivity contribution in [3.63, 3.8) is 0 Å². The third-order valence-corrected chi connectivity index (χ3v) is 6.09. The number of carbonyl (C=O) groups is 2. The van der Waals surface area contributed by atoms with Crippen LogP contribution in [0.2, 0.25) is 5.02 Å². The van der Waals surface area contributed by atoms with Crippen molar-refractivity contribution in [2.45, 2.75) is 19.9 Å². The number of likely N-dealkylation sites (tertiary alicyclic amines) is 1. The number of benzene rings is 2. The number of nitrogens with zero attached hydrogens (tertiary/aromatic N) is 2. The molecule has 0 bridgehead atoms. The average molecular weight is 426 g/mol. The van der Waals surface area contributed by atoms with Crippen LogP contribution in [0, 0.1) is 12.8 Å². The summed E-state index contributed by atoms with van der Waals surface area (Å²) in [5.41, 5.74) is 3.44. The van der Waals surface area contributed by atoms with Crippen LogP contribution < -0.4 is 5.32 Å². The van der Waals surface area contributed by atoms with Crippen molar-refractivity contribution in [1.29, 1.82) is 0 Å². The van der Waals surface area contributed by atoms with Crippen LogP contribution in [0.15, 0.2) is 53.9 Å². The molecule has 148 valence electrons. The summed E-state index contributed by atoms with van der Waals surface area (Å²) >= 11 is 7.79. The van der Waals surface area contributed by atoms with Crippen LogP contribution in [0.25, 0.3) is 11.3 Å². The third kappa shape index (κ3) is 4.49. The van der Waals surface area contributed by atoms with Crippen molar-refractivity contribution in [1.82, 2.24) is 9.88 Å². The quantitative estimate of drug-likeness (QED) is 0.641. The molecule has 2 aromatic carbocycles. The third-order valence-electron chi connectivity index (χ3n) is 4.95. The highest BCUT2D eigenvalue weighted by Gasteiger charge is 2.34. The van der Waals surface area contributed by atoms with Gasteiger partial charge in [-0.3, -0.25) is 9.59 Å². The molecule has 1 N–H and O–H groups in total. The van der Waals surface area contributed by atoms with Gasteiger partial charge in [-0.05, 0) is 30.7 Å². The average Bonchev–Trinajstić information content (AvgIpc) is 3.30. The number of thiazole rings is 1. The summed E-state index contributed by atoms with van der Waals surface area (Å²) in [4.78, 5) is 31.3. The van der Waals surface area contributed by atoms with E-state index in [1.165, 1.54) is 0 Å². The molecule has 5 nitrogen and oxygen atoms in total. The molecule has 1 aliphatic heterocycles. The number of aryl methyl sites for hydroxylation is 1. The monoisotopic (exact) mass is 425 g/mol. The van der Waals surface area contributed by atoms with Crippen LogP contribution in [0.3, 0.4) is 0 Å². The predicted molar refractivity (Wildman–Crippen MR) is 116 cm³/mol. The van der Waals surface area contributed by atoms with Gasteiger partial charge in [0.05, 0.1) is 16.6 Å². The van der Waals surface area contributed by atoms with Gasteiger partial charge in [-0.25, -0.2) is 4.98 Å².